The van der Waals surface area contributed by atoms with E-state index < -0.39 is 4.92 Å². The molecule has 0 spiro atoms. The van der Waals surface area contributed by atoms with E-state index in [0.717, 1.165) is 26.1 Å². The van der Waals surface area contributed by atoms with E-state index in [2.05, 4.69) is 5.32 Å². The average molecular weight is 265 g/mol. The molecule has 0 amide bonds. The summed E-state index contributed by atoms with van der Waals surface area (Å²) in [7, 11) is 0. The van der Waals surface area contributed by atoms with Gasteiger partial charge in [-0.15, -0.1) is 0 Å². The van der Waals surface area contributed by atoms with Crippen molar-refractivity contribution in [2.45, 2.75) is 25.8 Å². The van der Waals surface area contributed by atoms with Crippen molar-refractivity contribution in [2.24, 2.45) is 5.92 Å². The number of benzene rings is 1. The maximum absolute atomic E-state index is 11.1. The van der Waals surface area contributed by atoms with Crippen molar-refractivity contribution in [2.75, 3.05) is 24.3 Å². The Morgan fingerprint density at radius 3 is 2.79 bits per heavy atom. The van der Waals surface area contributed by atoms with Crippen molar-refractivity contribution >= 4 is 17.1 Å². The lowest BCUT2D eigenvalue weighted by Gasteiger charge is -2.29. The Kier molecular flexibility index (Phi) is 4.21. The second kappa shape index (κ2) is 5.88. The maximum atomic E-state index is 11.1. The number of nitrogen functional groups attached to an aromatic ring is 1. The van der Waals surface area contributed by atoms with Crippen LogP contribution in [-0.2, 0) is 4.74 Å². The summed E-state index contributed by atoms with van der Waals surface area (Å²) in [6.45, 7) is 3.56. The molecule has 1 fully saturated rings. The van der Waals surface area contributed by atoms with Gasteiger partial charge in [0, 0.05) is 19.3 Å². The Morgan fingerprint density at radius 1 is 1.47 bits per heavy atom. The number of nitrogens with zero attached hydrogens (tertiary/aromatic N) is 1. The first kappa shape index (κ1) is 13.6. The molecule has 19 heavy (non-hydrogen) atoms. The standard InChI is InChI=1S/C13H19N3O3/c1-9(10-5-7-19-8-6-10)15-12-4-2-3-11(14)13(12)16(17)18/h2-4,9-10,15H,5-8,14H2,1H3. The van der Waals surface area contributed by atoms with E-state index >= 15 is 0 Å². The normalized spacial score (nSPS) is 17.9. The third-order valence-corrected chi connectivity index (χ3v) is 3.61. The number of nitrogens with two attached hydrogens (primary N) is 1. The largest absolute Gasteiger partial charge is 0.393 e. The summed E-state index contributed by atoms with van der Waals surface area (Å²) < 4.78 is 5.33. The molecule has 1 aliphatic rings. The molecule has 1 aromatic carbocycles. The minimum Gasteiger partial charge on any atom is -0.393 e. The van der Waals surface area contributed by atoms with Gasteiger partial charge in [-0.1, -0.05) is 6.07 Å². The van der Waals surface area contributed by atoms with Crippen LogP contribution in [-0.4, -0.2) is 24.2 Å². The minimum absolute atomic E-state index is 0.0404. The molecule has 3 N–H and O–H groups in total. The van der Waals surface area contributed by atoms with Crippen molar-refractivity contribution in [1.29, 1.82) is 0 Å². The van der Waals surface area contributed by atoms with E-state index in [1.807, 2.05) is 6.92 Å². The molecule has 0 aliphatic carbocycles. The number of nitro groups is 1. The molecule has 0 bridgehead atoms. The van der Waals surface area contributed by atoms with Gasteiger partial charge < -0.3 is 15.8 Å². The number of hydrogen-bond donors (Lipinski definition) is 2. The van der Waals surface area contributed by atoms with Crippen LogP contribution in [0, 0.1) is 16.0 Å². The van der Waals surface area contributed by atoms with Crippen molar-refractivity contribution in [3.63, 3.8) is 0 Å². The summed E-state index contributed by atoms with van der Waals surface area (Å²) in [5.41, 5.74) is 6.31. The predicted molar refractivity (Wildman–Crippen MR) is 74.1 cm³/mol. The summed E-state index contributed by atoms with van der Waals surface area (Å²) in [6.07, 6.45) is 1.95. The van der Waals surface area contributed by atoms with E-state index in [1.165, 1.54) is 0 Å². The van der Waals surface area contributed by atoms with Gasteiger partial charge in [0.2, 0.25) is 0 Å². The lowest BCUT2D eigenvalue weighted by atomic mass is 9.92. The fraction of sp³-hybridized carbons (Fsp3) is 0.538. The fourth-order valence-corrected chi connectivity index (χ4v) is 2.46. The first-order valence-electron chi connectivity index (χ1n) is 6.46. The van der Waals surface area contributed by atoms with Gasteiger partial charge in [-0.25, -0.2) is 0 Å². The van der Waals surface area contributed by atoms with Gasteiger partial charge in [0.1, 0.15) is 11.4 Å². The molecule has 1 aromatic rings. The molecule has 1 unspecified atom stereocenters. The predicted octanol–water partition coefficient (Wildman–Crippen LogP) is 2.40. The molecule has 1 atom stereocenters. The lowest BCUT2D eigenvalue weighted by Crippen LogP contribution is -2.31. The highest BCUT2D eigenvalue weighted by molar-refractivity contribution is 5.74. The molecule has 104 valence electrons. The summed E-state index contributed by atoms with van der Waals surface area (Å²) in [6, 6.07) is 5.12. The third-order valence-electron chi connectivity index (χ3n) is 3.61. The second-order valence-electron chi connectivity index (χ2n) is 4.88. The minimum atomic E-state index is -0.436. The molecular weight excluding hydrogens is 246 g/mol. The van der Waals surface area contributed by atoms with E-state index in [1.54, 1.807) is 18.2 Å². The van der Waals surface area contributed by atoms with E-state index in [4.69, 9.17) is 10.5 Å². The number of anilines is 2. The summed E-state index contributed by atoms with van der Waals surface area (Å²) in [4.78, 5) is 10.6. The molecule has 2 rings (SSSR count). The summed E-state index contributed by atoms with van der Waals surface area (Å²) in [5, 5.41) is 14.3. The second-order valence-corrected chi connectivity index (χ2v) is 4.88. The van der Waals surface area contributed by atoms with E-state index in [0.29, 0.717) is 11.6 Å². The molecule has 0 radical (unpaired) electrons. The van der Waals surface area contributed by atoms with Crippen LogP contribution in [0.3, 0.4) is 0 Å². The number of hydrogen-bond acceptors (Lipinski definition) is 5. The topological polar surface area (TPSA) is 90.4 Å². The molecule has 6 heteroatoms. The van der Waals surface area contributed by atoms with Crippen LogP contribution in [0.15, 0.2) is 18.2 Å². The van der Waals surface area contributed by atoms with Gasteiger partial charge in [-0.3, -0.25) is 10.1 Å². The lowest BCUT2D eigenvalue weighted by molar-refractivity contribution is -0.383. The monoisotopic (exact) mass is 265 g/mol. The van der Waals surface area contributed by atoms with Crippen LogP contribution in [0.5, 0.6) is 0 Å². The Balaban J connectivity index is 2.14. The Morgan fingerprint density at radius 2 is 2.16 bits per heavy atom. The number of ether oxygens (including phenoxy) is 1. The van der Waals surface area contributed by atoms with Gasteiger partial charge >= 0.3 is 5.69 Å². The molecule has 6 nitrogen and oxygen atoms in total. The Hall–Kier alpha value is -1.82. The molecular formula is C13H19N3O3. The van der Waals surface area contributed by atoms with Crippen molar-refractivity contribution in [1.82, 2.24) is 0 Å². The highest BCUT2D eigenvalue weighted by Gasteiger charge is 2.24. The Bertz CT molecular complexity index is 458. The molecule has 1 saturated heterocycles. The van der Waals surface area contributed by atoms with Crippen molar-refractivity contribution in [3.8, 4) is 0 Å². The first-order valence-corrected chi connectivity index (χ1v) is 6.46. The zero-order chi connectivity index (χ0) is 13.8. The van der Waals surface area contributed by atoms with Gasteiger partial charge in [-0.05, 0) is 37.8 Å². The Labute approximate surface area is 112 Å². The van der Waals surface area contributed by atoms with Gasteiger partial charge in [-0.2, -0.15) is 0 Å². The highest BCUT2D eigenvalue weighted by Crippen LogP contribution is 2.32. The van der Waals surface area contributed by atoms with Crippen molar-refractivity contribution < 1.29 is 9.66 Å². The van der Waals surface area contributed by atoms with Gasteiger partial charge in [0.05, 0.1) is 4.92 Å². The quantitative estimate of drug-likeness (QED) is 0.495. The molecule has 0 aromatic heterocycles. The van der Waals surface area contributed by atoms with E-state index in [9.17, 15) is 10.1 Å². The SMILES string of the molecule is CC(Nc1cccc(N)c1[N+](=O)[O-])C1CCOCC1. The average Bonchev–Trinajstić information content (AvgIpc) is 2.39. The van der Waals surface area contributed by atoms with E-state index in [-0.39, 0.29) is 17.4 Å². The van der Waals surface area contributed by atoms with Crippen LogP contribution in [0.25, 0.3) is 0 Å². The summed E-state index contributed by atoms with van der Waals surface area (Å²) in [5.74, 6) is 0.467. The van der Waals surface area contributed by atoms with Crippen LogP contribution >= 0.6 is 0 Å². The third kappa shape index (κ3) is 3.14. The molecule has 0 saturated carbocycles. The van der Waals surface area contributed by atoms with Crippen LogP contribution < -0.4 is 11.1 Å². The zero-order valence-corrected chi connectivity index (χ0v) is 11.0. The number of nitro benzene ring substituents is 1. The fourth-order valence-electron chi connectivity index (χ4n) is 2.46. The maximum Gasteiger partial charge on any atom is 0.314 e. The smallest absolute Gasteiger partial charge is 0.314 e. The first-order chi connectivity index (χ1) is 9.09. The summed E-state index contributed by atoms with van der Waals surface area (Å²) >= 11 is 0. The van der Waals surface area contributed by atoms with Crippen molar-refractivity contribution in [3.05, 3.63) is 28.3 Å². The number of nitrogens with one attached hydrogen (secondary N) is 1. The van der Waals surface area contributed by atoms with Crippen LogP contribution in [0.2, 0.25) is 0 Å². The van der Waals surface area contributed by atoms with Gasteiger partial charge in [0.15, 0.2) is 0 Å². The highest BCUT2D eigenvalue weighted by atomic mass is 16.6. The zero-order valence-electron chi connectivity index (χ0n) is 11.0. The molecule has 1 aliphatic heterocycles. The number of rotatable bonds is 4. The molecule has 1 heterocycles. The van der Waals surface area contributed by atoms with Crippen LogP contribution in [0.4, 0.5) is 17.1 Å². The van der Waals surface area contributed by atoms with Crippen LogP contribution in [0.1, 0.15) is 19.8 Å². The van der Waals surface area contributed by atoms with Gasteiger partial charge in [0.25, 0.3) is 0 Å². The number of para-hydroxylation sites is 1.